The fraction of sp³-hybridized carbons (Fsp3) is 0.385. The van der Waals surface area contributed by atoms with Crippen LogP contribution < -0.4 is 4.74 Å². The van der Waals surface area contributed by atoms with E-state index in [1.54, 1.807) is 13.0 Å². The number of allylic oxidation sites excluding steroid dienone is 1. The smallest absolute Gasteiger partial charge is 0.334 e. The maximum absolute atomic E-state index is 11.0. The molecule has 20 heavy (non-hydrogen) atoms. The van der Waals surface area contributed by atoms with E-state index in [1.165, 1.54) is 32.0 Å². The van der Waals surface area contributed by atoms with Crippen LogP contribution in [0, 0.1) is 17.0 Å². The van der Waals surface area contributed by atoms with E-state index in [2.05, 4.69) is 4.98 Å². The zero-order valence-corrected chi connectivity index (χ0v) is 12.4. The highest BCUT2D eigenvalue weighted by Crippen LogP contribution is 2.30. The van der Waals surface area contributed by atoms with Gasteiger partial charge in [0.05, 0.1) is 12.0 Å². The first-order chi connectivity index (χ1) is 9.47. The van der Waals surface area contributed by atoms with Crippen molar-refractivity contribution in [1.29, 1.82) is 0 Å². The number of ether oxygens (including phenoxy) is 1. The number of rotatable bonds is 6. The number of hydrogen-bond donors (Lipinski definition) is 0. The molecule has 108 valence electrons. The number of aromatic nitrogens is 1. The van der Waals surface area contributed by atoms with E-state index in [1.807, 2.05) is 6.08 Å². The molecular weight excluding hydrogens is 280 g/mol. The Balaban J connectivity index is 2.86. The van der Waals surface area contributed by atoms with Gasteiger partial charge in [-0.3, -0.25) is 14.9 Å². The van der Waals surface area contributed by atoms with Crippen molar-refractivity contribution in [2.75, 3.05) is 12.9 Å². The van der Waals surface area contributed by atoms with Gasteiger partial charge in [-0.2, -0.15) is 0 Å². The van der Waals surface area contributed by atoms with Crippen LogP contribution in [0.5, 0.6) is 5.88 Å². The molecule has 0 N–H and O–H groups in total. The van der Waals surface area contributed by atoms with Crippen molar-refractivity contribution in [3.05, 3.63) is 33.5 Å². The standard InChI is InChI=1S/C13H16N2O4S/c1-9-11(6-4-5-7-20-10(2)16)8-14-13(19-3)12(9)15(17)18/h4,6,8H,5,7H2,1-3H3. The number of hydrogen-bond acceptors (Lipinski definition) is 6. The maximum Gasteiger partial charge on any atom is 0.334 e. The summed E-state index contributed by atoms with van der Waals surface area (Å²) in [6.45, 7) is 3.18. The van der Waals surface area contributed by atoms with Gasteiger partial charge in [-0.25, -0.2) is 4.98 Å². The summed E-state index contributed by atoms with van der Waals surface area (Å²) in [5, 5.41) is 11.1. The van der Waals surface area contributed by atoms with Crippen molar-refractivity contribution in [1.82, 2.24) is 4.98 Å². The van der Waals surface area contributed by atoms with Crippen LogP contribution in [0.2, 0.25) is 0 Å². The van der Waals surface area contributed by atoms with Gasteiger partial charge in [-0.1, -0.05) is 23.9 Å². The lowest BCUT2D eigenvalue weighted by Gasteiger charge is -2.05. The first-order valence-corrected chi connectivity index (χ1v) is 6.93. The SMILES string of the molecule is COc1ncc(C=CCCSC(C)=O)c(C)c1[N+](=O)[O-]. The zero-order chi connectivity index (χ0) is 15.1. The van der Waals surface area contributed by atoms with Gasteiger partial charge in [0.25, 0.3) is 5.88 Å². The lowest BCUT2D eigenvalue weighted by Crippen LogP contribution is -2.00. The molecule has 0 unspecified atom stereocenters. The average Bonchev–Trinajstić information content (AvgIpc) is 2.38. The normalized spacial score (nSPS) is 10.8. The molecule has 0 saturated heterocycles. The van der Waals surface area contributed by atoms with Crippen LogP contribution in [0.25, 0.3) is 6.08 Å². The van der Waals surface area contributed by atoms with Crippen LogP contribution in [-0.2, 0) is 4.79 Å². The van der Waals surface area contributed by atoms with Gasteiger partial charge in [0, 0.05) is 30.0 Å². The number of nitro groups is 1. The van der Waals surface area contributed by atoms with Crippen molar-refractivity contribution >= 4 is 28.6 Å². The van der Waals surface area contributed by atoms with Crippen LogP contribution >= 0.6 is 11.8 Å². The summed E-state index contributed by atoms with van der Waals surface area (Å²) in [6, 6.07) is 0. The third-order valence-corrected chi connectivity index (χ3v) is 3.42. The highest BCUT2D eigenvalue weighted by atomic mass is 32.2. The Bertz CT molecular complexity index is 543. The Morgan fingerprint density at radius 1 is 1.60 bits per heavy atom. The van der Waals surface area contributed by atoms with Gasteiger partial charge in [0.1, 0.15) is 0 Å². The maximum atomic E-state index is 11.0. The topological polar surface area (TPSA) is 82.3 Å². The molecule has 0 aromatic carbocycles. The molecular formula is C13H16N2O4S. The number of carbonyl (C=O) groups excluding carboxylic acids is 1. The summed E-state index contributed by atoms with van der Waals surface area (Å²) >= 11 is 1.25. The lowest BCUT2D eigenvalue weighted by molar-refractivity contribution is -0.386. The van der Waals surface area contributed by atoms with E-state index < -0.39 is 4.92 Å². The van der Waals surface area contributed by atoms with E-state index in [0.29, 0.717) is 23.3 Å². The van der Waals surface area contributed by atoms with Gasteiger partial charge in [-0.15, -0.1) is 0 Å². The van der Waals surface area contributed by atoms with Crippen LogP contribution in [0.1, 0.15) is 24.5 Å². The first-order valence-electron chi connectivity index (χ1n) is 5.95. The molecule has 6 nitrogen and oxygen atoms in total. The van der Waals surface area contributed by atoms with E-state index in [4.69, 9.17) is 4.74 Å². The van der Waals surface area contributed by atoms with Gasteiger partial charge in [0.2, 0.25) is 0 Å². The average molecular weight is 296 g/mol. The molecule has 0 aliphatic heterocycles. The third kappa shape index (κ3) is 4.34. The van der Waals surface area contributed by atoms with E-state index in [9.17, 15) is 14.9 Å². The van der Waals surface area contributed by atoms with Gasteiger partial charge < -0.3 is 4.74 Å². The van der Waals surface area contributed by atoms with Crippen molar-refractivity contribution in [3.63, 3.8) is 0 Å². The van der Waals surface area contributed by atoms with Crippen LogP contribution in [0.15, 0.2) is 12.3 Å². The van der Waals surface area contributed by atoms with Crippen molar-refractivity contribution < 1.29 is 14.5 Å². The molecule has 0 spiro atoms. The van der Waals surface area contributed by atoms with Gasteiger partial charge in [-0.05, 0) is 13.3 Å². The summed E-state index contributed by atoms with van der Waals surface area (Å²) in [5.41, 5.74) is 1.07. The minimum atomic E-state index is -0.496. The van der Waals surface area contributed by atoms with Crippen LogP contribution in [-0.4, -0.2) is 27.9 Å². The summed E-state index contributed by atoms with van der Waals surface area (Å²) in [6.07, 6.45) is 5.89. The van der Waals surface area contributed by atoms with E-state index in [-0.39, 0.29) is 16.7 Å². The summed E-state index contributed by atoms with van der Waals surface area (Å²) in [7, 11) is 1.35. The first kappa shape index (κ1) is 16.2. The summed E-state index contributed by atoms with van der Waals surface area (Å²) in [5.74, 6) is 0.702. The molecule has 0 aliphatic carbocycles. The molecule has 1 aromatic rings. The number of thioether (sulfide) groups is 1. The Morgan fingerprint density at radius 3 is 2.85 bits per heavy atom. The molecule has 0 saturated carbocycles. The second-order valence-corrected chi connectivity index (χ2v) is 5.26. The minimum absolute atomic E-state index is 0.0109. The number of methoxy groups -OCH3 is 1. The second kappa shape index (κ2) is 7.64. The third-order valence-electron chi connectivity index (χ3n) is 2.57. The molecule has 1 heterocycles. The Labute approximate surface area is 121 Å². The molecule has 1 rings (SSSR count). The highest BCUT2D eigenvalue weighted by molar-refractivity contribution is 8.13. The molecule has 7 heteroatoms. The van der Waals surface area contributed by atoms with Gasteiger partial charge >= 0.3 is 5.69 Å². The van der Waals surface area contributed by atoms with Crippen LogP contribution in [0.3, 0.4) is 0 Å². The molecule has 0 bridgehead atoms. The predicted octanol–water partition coefficient (Wildman–Crippen LogP) is 2.99. The summed E-state index contributed by atoms with van der Waals surface area (Å²) < 4.78 is 4.89. The number of nitrogens with zero attached hydrogens (tertiary/aromatic N) is 2. The largest absolute Gasteiger partial charge is 0.476 e. The lowest BCUT2D eigenvalue weighted by atomic mass is 10.1. The van der Waals surface area contributed by atoms with Crippen molar-refractivity contribution in [3.8, 4) is 5.88 Å². The molecule has 1 aromatic heterocycles. The van der Waals surface area contributed by atoms with Crippen molar-refractivity contribution in [2.24, 2.45) is 0 Å². The van der Waals surface area contributed by atoms with Gasteiger partial charge in [0.15, 0.2) is 5.12 Å². The summed E-state index contributed by atoms with van der Waals surface area (Å²) in [4.78, 5) is 25.2. The Morgan fingerprint density at radius 2 is 2.30 bits per heavy atom. The molecule has 0 atom stereocenters. The molecule has 0 aliphatic rings. The second-order valence-electron chi connectivity index (χ2n) is 3.98. The zero-order valence-electron chi connectivity index (χ0n) is 11.6. The monoisotopic (exact) mass is 296 g/mol. The number of carbonyl (C=O) groups is 1. The van der Waals surface area contributed by atoms with Crippen LogP contribution in [0.4, 0.5) is 5.69 Å². The molecule has 0 radical (unpaired) electrons. The molecule has 0 fully saturated rings. The highest BCUT2D eigenvalue weighted by Gasteiger charge is 2.21. The number of pyridine rings is 1. The van der Waals surface area contributed by atoms with E-state index in [0.717, 1.165) is 0 Å². The Hall–Kier alpha value is -1.89. The Kier molecular flexibility index (Phi) is 6.17. The fourth-order valence-corrected chi connectivity index (χ4v) is 2.14. The quantitative estimate of drug-likeness (QED) is 0.456. The van der Waals surface area contributed by atoms with Crippen molar-refractivity contribution in [2.45, 2.75) is 20.3 Å². The molecule has 0 amide bonds. The minimum Gasteiger partial charge on any atom is -0.476 e. The predicted molar refractivity (Wildman–Crippen MR) is 79.0 cm³/mol. The fourth-order valence-electron chi connectivity index (χ4n) is 1.60. The van der Waals surface area contributed by atoms with E-state index >= 15 is 0 Å².